The number of methoxy groups -OCH3 is 1. The van der Waals surface area contributed by atoms with Gasteiger partial charge in [-0.15, -0.1) is 0 Å². The summed E-state index contributed by atoms with van der Waals surface area (Å²) in [6.07, 6.45) is 1.62. The molecule has 0 radical (unpaired) electrons. The molecule has 2 saturated heterocycles. The van der Waals surface area contributed by atoms with Crippen LogP contribution in [0.5, 0.6) is 11.5 Å². The van der Waals surface area contributed by atoms with E-state index in [1.54, 1.807) is 31.4 Å². The Balaban J connectivity index is 1.41. The number of imide groups is 1. The number of amides is 3. The maximum absolute atomic E-state index is 12.9. The van der Waals surface area contributed by atoms with E-state index in [0.29, 0.717) is 42.6 Å². The predicted octanol–water partition coefficient (Wildman–Crippen LogP) is 4.21. The number of nitrogens with zero attached hydrogens (tertiary/aromatic N) is 2. The largest absolute Gasteiger partial charge is 0.492 e. The number of carbonyl (C=O) groups is 3. The Kier molecular flexibility index (Phi) is 8.75. The number of benzene rings is 2. The second kappa shape index (κ2) is 12.0. The molecule has 2 aliphatic rings. The number of hydrogen-bond donors (Lipinski definition) is 1. The molecule has 0 aliphatic carbocycles. The summed E-state index contributed by atoms with van der Waals surface area (Å²) in [7, 11) is 1.56. The molecule has 9 nitrogen and oxygen atoms in total. The van der Waals surface area contributed by atoms with E-state index in [4.69, 9.17) is 14.2 Å². The van der Waals surface area contributed by atoms with E-state index < -0.39 is 17.1 Å². The Bertz CT molecular complexity index is 1180. The molecular formula is C25H26IN3O6S. The third-order valence-corrected chi connectivity index (χ3v) is 7.24. The van der Waals surface area contributed by atoms with Crippen molar-refractivity contribution in [3.05, 3.63) is 50.4 Å². The third-order valence-electron chi connectivity index (χ3n) is 5.54. The molecule has 0 atom stereocenters. The monoisotopic (exact) mass is 623 g/mol. The highest BCUT2D eigenvalue weighted by Gasteiger charge is 2.36. The van der Waals surface area contributed by atoms with E-state index in [1.807, 2.05) is 25.1 Å². The van der Waals surface area contributed by atoms with E-state index in [1.165, 1.54) is 0 Å². The maximum atomic E-state index is 12.9. The van der Waals surface area contributed by atoms with Crippen LogP contribution in [0.3, 0.4) is 0 Å². The van der Waals surface area contributed by atoms with Crippen molar-refractivity contribution in [3.63, 3.8) is 0 Å². The molecule has 0 bridgehead atoms. The smallest absolute Gasteiger partial charge is 0.294 e. The number of rotatable bonds is 8. The van der Waals surface area contributed by atoms with Crippen molar-refractivity contribution in [1.29, 1.82) is 0 Å². The Morgan fingerprint density at radius 2 is 1.92 bits per heavy atom. The van der Waals surface area contributed by atoms with Gasteiger partial charge in [-0.25, -0.2) is 0 Å². The number of halogens is 1. The van der Waals surface area contributed by atoms with Crippen LogP contribution in [0.2, 0.25) is 0 Å². The van der Waals surface area contributed by atoms with Crippen LogP contribution in [0.4, 0.5) is 16.2 Å². The van der Waals surface area contributed by atoms with Gasteiger partial charge in [0.1, 0.15) is 6.54 Å². The first-order valence-electron chi connectivity index (χ1n) is 11.4. The number of hydrogen-bond acceptors (Lipinski definition) is 8. The summed E-state index contributed by atoms with van der Waals surface area (Å²) in [6.45, 7) is 4.98. The number of anilines is 2. The fourth-order valence-electron chi connectivity index (χ4n) is 3.84. The second-order valence-electron chi connectivity index (χ2n) is 7.93. The molecular weight excluding hydrogens is 597 g/mol. The maximum Gasteiger partial charge on any atom is 0.294 e. The zero-order valence-corrected chi connectivity index (χ0v) is 22.9. The van der Waals surface area contributed by atoms with Crippen LogP contribution in [0.15, 0.2) is 41.3 Å². The first-order valence-corrected chi connectivity index (χ1v) is 13.3. The zero-order chi connectivity index (χ0) is 25.7. The molecule has 2 heterocycles. The average Bonchev–Trinajstić information content (AvgIpc) is 3.12. The topological polar surface area (TPSA) is 97.4 Å². The molecule has 2 aliphatic heterocycles. The molecule has 11 heteroatoms. The van der Waals surface area contributed by atoms with Crippen LogP contribution in [-0.2, 0) is 14.3 Å². The molecule has 36 heavy (non-hydrogen) atoms. The van der Waals surface area contributed by atoms with Gasteiger partial charge < -0.3 is 24.4 Å². The molecule has 1 N–H and O–H groups in total. The Morgan fingerprint density at radius 3 is 2.58 bits per heavy atom. The van der Waals surface area contributed by atoms with Crippen molar-refractivity contribution < 1.29 is 28.6 Å². The van der Waals surface area contributed by atoms with Gasteiger partial charge in [0.15, 0.2) is 11.5 Å². The molecule has 0 saturated carbocycles. The predicted molar refractivity (Wildman–Crippen MR) is 148 cm³/mol. The Morgan fingerprint density at radius 1 is 1.19 bits per heavy atom. The standard InChI is InChI=1S/C25H26IN3O6S/c1-3-35-20-13-16(12-19(26)23(20)33-2)14-21-24(31)29(25(32)36-21)15-22(30)27-17-4-6-18(7-5-17)28-8-10-34-11-9-28/h4-7,12-14H,3,8-11,15H2,1-2H3,(H,27,30)/b21-14+. The zero-order valence-electron chi connectivity index (χ0n) is 19.9. The van der Waals surface area contributed by atoms with Crippen LogP contribution < -0.4 is 19.7 Å². The Labute approximate surface area is 227 Å². The van der Waals surface area contributed by atoms with Gasteiger partial charge in [0.05, 0.1) is 35.4 Å². The molecule has 0 spiro atoms. The van der Waals surface area contributed by atoms with Crippen molar-refractivity contribution in [1.82, 2.24) is 4.90 Å². The van der Waals surface area contributed by atoms with Crippen molar-refractivity contribution in [2.24, 2.45) is 0 Å². The number of morpholine rings is 1. The second-order valence-corrected chi connectivity index (χ2v) is 10.1. The van der Waals surface area contributed by atoms with Crippen LogP contribution in [-0.4, -0.2) is 68.5 Å². The van der Waals surface area contributed by atoms with Gasteiger partial charge in [0, 0.05) is 24.5 Å². The van der Waals surface area contributed by atoms with Crippen LogP contribution in [0.1, 0.15) is 12.5 Å². The summed E-state index contributed by atoms with van der Waals surface area (Å²) in [4.78, 5) is 41.4. The van der Waals surface area contributed by atoms with E-state index in [-0.39, 0.29) is 11.4 Å². The number of ether oxygens (including phenoxy) is 3. The molecule has 2 aromatic rings. The molecule has 4 rings (SSSR count). The summed E-state index contributed by atoms with van der Waals surface area (Å²) in [5, 5.41) is 2.27. The first kappa shape index (κ1) is 26.3. The lowest BCUT2D eigenvalue weighted by atomic mass is 10.2. The molecule has 3 amide bonds. The van der Waals surface area contributed by atoms with Crippen molar-refractivity contribution in [3.8, 4) is 11.5 Å². The quantitative estimate of drug-likeness (QED) is 0.345. The third kappa shape index (κ3) is 6.13. The Hall–Kier alpha value is -2.77. The van der Waals surface area contributed by atoms with Crippen molar-refractivity contribution >= 4 is 68.9 Å². The molecule has 2 fully saturated rings. The summed E-state index contributed by atoms with van der Waals surface area (Å²) >= 11 is 2.93. The highest BCUT2D eigenvalue weighted by Crippen LogP contribution is 2.37. The van der Waals surface area contributed by atoms with E-state index >= 15 is 0 Å². The average molecular weight is 623 g/mol. The minimum Gasteiger partial charge on any atom is -0.492 e. The van der Waals surface area contributed by atoms with Crippen molar-refractivity contribution in [2.75, 3.05) is 56.8 Å². The summed E-state index contributed by atoms with van der Waals surface area (Å²) in [5.74, 6) is 0.204. The fraction of sp³-hybridized carbons (Fsp3) is 0.320. The number of thioether (sulfide) groups is 1. The normalized spacial score (nSPS) is 17.0. The van der Waals surface area contributed by atoms with Crippen LogP contribution in [0, 0.1) is 3.57 Å². The highest BCUT2D eigenvalue weighted by molar-refractivity contribution is 14.1. The minimum absolute atomic E-state index is 0.242. The lowest BCUT2D eigenvalue weighted by Crippen LogP contribution is -2.36. The number of nitrogens with one attached hydrogen (secondary N) is 1. The van der Waals surface area contributed by atoms with Crippen LogP contribution >= 0.6 is 34.4 Å². The molecule has 0 aromatic heterocycles. The lowest BCUT2D eigenvalue weighted by molar-refractivity contribution is -0.127. The molecule has 2 aromatic carbocycles. The first-order chi connectivity index (χ1) is 17.4. The minimum atomic E-state index is -0.508. The van der Waals surface area contributed by atoms with E-state index in [9.17, 15) is 14.4 Å². The van der Waals surface area contributed by atoms with Crippen LogP contribution in [0.25, 0.3) is 6.08 Å². The van der Waals surface area contributed by atoms with Gasteiger partial charge in [0.25, 0.3) is 11.1 Å². The van der Waals surface area contributed by atoms with E-state index in [0.717, 1.165) is 39.0 Å². The lowest BCUT2D eigenvalue weighted by Gasteiger charge is -2.28. The van der Waals surface area contributed by atoms with Crippen molar-refractivity contribution in [2.45, 2.75) is 6.92 Å². The fourth-order valence-corrected chi connectivity index (χ4v) is 5.53. The SMILES string of the molecule is CCOc1cc(/C=C2/SC(=O)N(CC(=O)Nc3ccc(N4CCOCC4)cc3)C2=O)cc(I)c1OC. The molecule has 0 unspecified atom stereocenters. The van der Waals surface area contributed by atoms with E-state index in [2.05, 4.69) is 32.8 Å². The van der Waals surface area contributed by atoms with Gasteiger partial charge in [-0.2, -0.15) is 0 Å². The highest BCUT2D eigenvalue weighted by atomic mass is 127. The van der Waals surface area contributed by atoms with Gasteiger partial charge >= 0.3 is 0 Å². The molecule has 190 valence electrons. The summed E-state index contributed by atoms with van der Waals surface area (Å²) in [6, 6.07) is 11.1. The summed E-state index contributed by atoms with van der Waals surface area (Å²) in [5.41, 5.74) is 2.34. The van der Waals surface area contributed by atoms with Gasteiger partial charge in [-0.1, -0.05) is 0 Å². The number of carbonyl (C=O) groups excluding carboxylic acids is 3. The summed E-state index contributed by atoms with van der Waals surface area (Å²) < 4.78 is 17.2. The van der Waals surface area contributed by atoms with Gasteiger partial charge in [-0.3, -0.25) is 19.3 Å². The van der Waals surface area contributed by atoms with Gasteiger partial charge in [-0.05, 0) is 89.3 Å². The van der Waals surface area contributed by atoms with Gasteiger partial charge in [0.2, 0.25) is 5.91 Å².